The molecule has 0 spiro atoms. The average molecular weight is 231 g/mol. The lowest BCUT2D eigenvalue weighted by atomic mass is 9.98. The van der Waals surface area contributed by atoms with E-state index in [1.165, 1.54) is 32.1 Å². The highest BCUT2D eigenvalue weighted by Crippen LogP contribution is 2.19. The third-order valence-corrected chi connectivity index (χ3v) is 2.92. The largest absolute Gasteiger partial charge is 0.389 e. The molecule has 1 aliphatic carbocycles. The van der Waals surface area contributed by atoms with Crippen molar-refractivity contribution >= 4 is 0 Å². The Kier molecular flexibility index (Phi) is 7.76. The van der Waals surface area contributed by atoms with E-state index in [-0.39, 0.29) is 0 Å². The second-order valence-corrected chi connectivity index (χ2v) is 4.44. The van der Waals surface area contributed by atoms with E-state index in [9.17, 15) is 5.11 Å². The van der Waals surface area contributed by atoms with Crippen LogP contribution in [-0.2, 0) is 9.47 Å². The van der Waals surface area contributed by atoms with Crippen LogP contribution in [0, 0.1) is 0 Å². The molecule has 1 saturated carbocycles. The minimum absolute atomic E-state index is 0.385. The van der Waals surface area contributed by atoms with Crippen LogP contribution in [0.4, 0.5) is 0 Å². The smallest absolute Gasteiger partial charge is 0.0897 e. The molecule has 0 heterocycles. The van der Waals surface area contributed by atoms with Gasteiger partial charge in [-0.15, -0.1) is 0 Å². The summed E-state index contributed by atoms with van der Waals surface area (Å²) in [5.41, 5.74) is 0. The van der Waals surface area contributed by atoms with Gasteiger partial charge in [0, 0.05) is 20.2 Å². The SMILES string of the molecule is COCC(O)CNCCOC1CCCCC1. The first kappa shape index (κ1) is 13.9. The quantitative estimate of drug-likeness (QED) is 0.610. The monoisotopic (exact) mass is 231 g/mol. The molecule has 0 aromatic carbocycles. The van der Waals surface area contributed by atoms with Gasteiger partial charge in [-0.05, 0) is 12.8 Å². The van der Waals surface area contributed by atoms with Gasteiger partial charge in [-0.3, -0.25) is 0 Å². The molecule has 1 unspecified atom stereocenters. The van der Waals surface area contributed by atoms with Crippen LogP contribution in [0.1, 0.15) is 32.1 Å². The summed E-state index contributed by atoms with van der Waals surface area (Å²) in [4.78, 5) is 0. The van der Waals surface area contributed by atoms with Crippen LogP contribution in [0.25, 0.3) is 0 Å². The second kappa shape index (κ2) is 8.93. The minimum atomic E-state index is -0.417. The summed E-state index contributed by atoms with van der Waals surface area (Å²) in [6.07, 6.45) is 6.47. The standard InChI is InChI=1S/C12H25NO3/c1-15-10-11(14)9-13-7-8-16-12-5-3-2-4-6-12/h11-14H,2-10H2,1H3. The zero-order valence-electron chi connectivity index (χ0n) is 10.3. The van der Waals surface area contributed by atoms with Crippen molar-refractivity contribution in [3.8, 4) is 0 Å². The van der Waals surface area contributed by atoms with Crippen molar-refractivity contribution in [3.63, 3.8) is 0 Å². The molecular weight excluding hydrogens is 206 g/mol. The maximum absolute atomic E-state index is 9.37. The van der Waals surface area contributed by atoms with E-state index in [2.05, 4.69) is 5.32 Å². The van der Waals surface area contributed by atoms with Gasteiger partial charge in [-0.25, -0.2) is 0 Å². The molecule has 16 heavy (non-hydrogen) atoms. The van der Waals surface area contributed by atoms with Gasteiger partial charge in [-0.2, -0.15) is 0 Å². The van der Waals surface area contributed by atoms with Gasteiger partial charge in [0.2, 0.25) is 0 Å². The van der Waals surface area contributed by atoms with Gasteiger partial charge >= 0.3 is 0 Å². The van der Waals surface area contributed by atoms with Crippen molar-refractivity contribution < 1.29 is 14.6 Å². The van der Waals surface area contributed by atoms with Crippen molar-refractivity contribution in [3.05, 3.63) is 0 Å². The van der Waals surface area contributed by atoms with Crippen molar-refractivity contribution in [1.82, 2.24) is 5.32 Å². The Morgan fingerprint density at radius 3 is 2.75 bits per heavy atom. The predicted molar refractivity (Wildman–Crippen MR) is 63.6 cm³/mol. The zero-order chi connectivity index (χ0) is 11.6. The lowest BCUT2D eigenvalue weighted by Crippen LogP contribution is -2.33. The van der Waals surface area contributed by atoms with Crippen LogP contribution in [-0.4, -0.2) is 50.7 Å². The summed E-state index contributed by atoms with van der Waals surface area (Å²) in [6, 6.07) is 0. The van der Waals surface area contributed by atoms with Gasteiger partial charge in [0.15, 0.2) is 0 Å². The highest BCUT2D eigenvalue weighted by Gasteiger charge is 2.12. The number of aliphatic hydroxyl groups is 1. The van der Waals surface area contributed by atoms with Gasteiger partial charge in [-0.1, -0.05) is 19.3 Å². The molecule has 0 amide bonds. The van der Waals surface area contributed by atoms with Crippen LogP contribution in [0.15, 0.2) is 0 Å². The molecule has 1 atom stereocenters. The van der Waals surface area contributed by atoms with E-state index in [0.29, 0.717) is 19.3 Å². The van der Waals surface area contributed by atoms with Crippen LogP contribution in [0.5, 0.6) is 0 Å². The summed E-state index contributed by atoms with van der Waals surface area (Å²) < 4.78 is 10.6. The molecule has 4 heteroatoms. The average Bonchev–Trinajstić information content (AvgIpc) is 2.30. The molecule has 96 valence electrons. The van der Waals surface area contributed by atoms with E-state index in [4.69, 9.17) is 9.47 Å². The summed E-state index contributed by atoms with van der Waals surface area (Å²) in [5.74, 6) is 0. The number of hydrogen-bond donors (Lipinski definition) is 2. The molecule has 1 rings (SSSR count). The minimum Gasteiger partial charge on any atom is -0.389 e. The molecule has 0 aromatic rings. The van der Waals surface area contributed by atoms with E-state index in [1.54, 1.807) is 7.11 Å². The fourth-order valence-corrected chi connectivity index (χ4v) is 2.05. The second-order valence-electron chi connectivity index (χ2n) is 4.44. The van der Waals surface area contributed by atoms with E-state index in [1.807, 2.05) is 0 Å². The zero-order valence-corrected chi connectivity index (χ0v) is 10.3. The topological polar surface area (TPSA) is 50.7 Å². The molecule has 1 fully saturated rings. The fraction of sp³-hybridized carbons (Fsp3) is 1.00. The first-order chi connectivity index (χ1) is 7.83. The molecule has 4 nitrogen and oxygen atoms in total. The first-order valence-electron chi connectivity index (χ1n) is 6.32. The number of methoxy groups -OCH3 is 1. The van der Waals surface area contributed by atoms with E-state index < -0.39 is 6.10 Å². The van der Waals surface area contributed by atoms with E-state index >= 15 is 0 Å². The highest BCUT2D eigenvalue weighted by atomic mass is 16.5. The van der Waals surface area contributed by atoms with E-state index in [0.717, 1.165) is 13.2 Å². The van der Waals surface area contributed by atoms with Crippen molar-refractivity contribution in [1.29, 1.82) is 0 Å². The Morgan fingerprint density at radius 2 is 2.06 bits per heavy atom. The normalized spacial score (nSPS) is 19.9. The molecule has 0 bridgehead atoms. The Hall–Kier alpha value is -0.160. The third-order valence-electron chi connectivity index (χ3n) is 2.92. The summed E-state index contributed by atoms with van der Waals surface area (Å²) >= 11 is 0. The summed E-state index contributed by atoms with van der Waals surface area (Å²) in [6.45, 7) is 2.50. The molecular formula is C12H25NO3. The lowest BCUT2D eigenvalue weighted by Gasteiger charge is -2.22. The number of aliphatic hydroxyl groups excluding tert-OH is 1. The Balaban J connectivity index is 1.87. The van der Waals surface area contributed by atoms with Crippen molar-refractivity contribution in [2.75, 3.05) is 33.4 Å². The molecule has 0 saturated heterocycles. The van der Waals surface area contributed by atoms with Gasteiger partial charge < -0.3 is 19.9 Å². The molecule has 0 aliphatic heterocycles. The van der Waals surface area contributed by atoms with Crippen molar-refractivity contribution in [2.24, 2.45) is 0 Å². The predicted octanol–water partition coefficient (Wildman–Crippen LogP) is 0.933. The number of ether oxygens (including phenoxy) is 2. The molecule has 0 radical (unpaired) electrons. The van der Waals surface area contributed by atoms with Gasteiger partial charge in [0.25, 0.3) is 0 Å². The fourth-order valence-electron chi connectivity index (χ4n) is 2.05. The molecule has 2 N–H and O–H groups in total. The summed E-state index contributed by atoms with van der Waals surface area (Å²) in [7, 11) is 1.59. The maximum atomic E-state index is 9.37. The van der Waals surface area contributed by atoms with Crippen LogP contribution >= 0.6 is 0 Å². The number of rotatable bonds is 8. The maximum Gasteiger partial charge on any atom is 0.0897 e. The van der Waals surface area contributed by atoms with Crippen LogP contribution in [0.2, 0.25) is 0 Å². The molecule has 0 aromatic heterocycles. The van der Waals surface area contributed by atoms with Gasteiger partial charge in [0.1, 0.15) is 0 Å². The number of hydrogen-bond acceptors (Lipinski definition) is 4. The lowest BCUT2D eigenvalue weighted by molar-refractivity contribution is 0.0266. The Labute approximate surface area is 98.3 Å². The number of nitrogens with one attached hydrogen (secondary N) is 1. The van der Waals surface area contributed by atoms with Crippen LogP contribution < -0.4 is 5.32 Å². The molecule has 1 aliphatic rings. The third kappa shape index (κ3) is 6.43. The van der Waals surface area contributed by atoms with Crippen molar-refractivity contribution in [2.45, 2.75) is 44.3 Å². The first-order valence-corrected chi connectivity index (χ1v) is 6.32. The van der Waals surface area contributed by atoms with Crippen LogP contribution in [0.3, 0.4) is 0 Å². The Bertz CT molecular complexity index is 160. The van der Waals surface area contributed by atoms with Gasteiger partial charge in [0.05, 0.1) is 25.4 Å². The summed E-state index contributed by atoms with van der Waals surface area (Å²) in [5, 5.41) is 12.5. The highest BCUT2D eigenvalue weighted by molar-refractivity contribution is 4.65. The Morgan fingerprint density at radius 1 is 1.31 bits per heavy atom.